The SMILES string of the molecule is CC(C)c1cccc(C(C)C)c1[N+]1=C(C(=O)O)N(C)CCCC1. The van der Waals surface area contributed by atoms with Gasteiger partial charge in [-0.25, -0.2) is 9.37 Å². The minimum absolute atomic E-state index is 0.354. The molecule has 0 spiro atoms. The van der Waals surface area contributed by atoms with Crippen molar-refractivity contribution in [3.05, 3.63) is 29.3 Å². The number of carboxylic acid groups (broad SMARTS) is 1. The molecule has 0 saturated heterocycles. The molecule has 1 aromatic rings. The molecule has 1 aliphatic heterocycles. The fourth-order valence-corrected chi connectivity index (χ4v) is 3.36. The summed E-state index contributed by atoms with van der Waals surface area (Å²) in [5.41, 5.74) is 3.55. The number of para-hydroxylation sites is 1. The fraction of sp³-hybridized carbons (Fsp3) is 0.579. The number of benzene rings is 1. The van der Waals surface area contributed by atoms with Crippen LogP contribution >= 0.6 is 0 Å². The molecule has 0 aromatic heterocycles. The second-order valence-electron chi connectivity index (χ2n) is 7.00. The monoisotopic (exact) mass is 317 g/mol. The van der Waals surface area contributed by atoms with Gasteiger partial charge in [-0.1, -0.05) is 45.9 Å². The lowest BCUT2D eigenvalue weighted by molar-refractivity contribution is -0.445. The lowest BCUT2D eigenvalue weighted by Gasteiger charge is -2.21. The first-order chi connectivity index (χ1) is 10.8. The van der Waals surface area contributed by atoms with Gasteiger partial charge in [0.1, 0.15) is 5.69 Å². The number of carboxylic acids is 1. The minimum atomic E-state index is -0.845. The summed E-state index contributed by atoms with van der Waals surface area (Å²) in [7, 11) is 1.88. The molecule has 0 bridgehead atoms. The van der Waals surface area contributed by atoms with Crippen LogP contribution in [0.4, 0.5) is 5.69 Å². The number of aliphatic carboxylic acids is 1. The molecule has 1 heterocycles. The van der Waals surface area contributed by atoms with Crippen molar-refractivity contribution in [2.45, 2.75) is 52.4 Å². The Balaban J connectivity index is 2.79. The Hall–Kier alpha value is -1.84. The molecule has 0 saturated carbocycles. The Bertz CT molecular complexity index is 592. The van der Waals surface area contributed by atoms with E-state index in [0.717, 1.165) is 31.6 Å². The van der Waals surface area contributed by atoms with Crippen molar-refractivity contribution in [2.24, 2.45) is 0 Å². The highest BCUT2D eigenvalue weighted by Gasteiger charge is 2.33. The van der Waals surface area contributed by atoms with Gasteiger partial charge < -0.3 is 5.11 Å². The van der Waals surface area contributed by atoms with Gasteiger partial charge in [0.2, 0.25) is 0 Å². The van der Waals surface area contributed by atoms with Crippen molar-refractivity contribution in [3.8, 4) is 0 Å². The highest BCUT2D eigenvalue weighted by Crippen LogP contribution is 2.35. The molecule has 2 rings (SSSR count). The highest BCUT2D eigenvalue weighted by atomic mass is 16.4. The van der Waals surface area contributed by atoms with Gasteiger partial charge in [0.25, 0.3) is 0 Å². The van der Waals surface area contributed by atoms with E-state index in [4.69, 9.17) is 0 Å². The van der Waals surface area contributed by atoms with Gasteiger partial charge in [-0.2, -0.15) is 0 Å². The quantitative estimate of drug-likeness (QED) is 0.859. The second kappa shape index (κ2) is 7.16. The van der Waals surface area contributed by atoms with Crippen LogP contribution in [0.1, 0.15) is 63.5 Å². The molecule has 0 atom stereocenters. The van der Waals surface area contributed by atoms with E-state index in [1.165, 1.54) is 11.1 Å². The number of hydrogen-bond donors (Lipinski definition) is 1. The van der Waals surface area contributed by atoms with E-state index in [1.54, 1.807) is 0 Å². The van der Waals surface area contributed by atoms with E-state index in [1.807, 2.05) is 16.5 Å². The number of carbonyl (C=O) groups is 1. The molecule has 1 aliphatic rings. The summed E-state index contributed by atoms with van der Waals surface area (Å²) in [6.07, 6.45) is 2.02. The largest absolute Gasteiger partial charge is 0.472 e. The van der Waals surface area contributed by atoms with Crippen LogP contribution in [0.15, 0.2) is 18.2 Å². The Morgan fingerprint density at radius 2 is 1.70 bits per heavy atom. The van der Waals surface area contributed by atoms with Gasteiger partial charge in [0.05, 0.1) is 20.1 Å². The molecule has 1 N–H and O–H groups in total. The molecule has 4 heteroatoms. The molecular formula is C19H29N2O2+. The first-order valence-corrected chi connectivity index (χ1v) is 8.56. The molecule has 0 unspecified atom stereocenters. The van der Waals surface area contributed by atoms with E-state index in [9.17, 15) is 9.90 Å². The minimum Gasteiger partial charge on any atom is -0.472 e. The zero-order valence-corrected chi connectivity index (χ0v) is 15.0. The molecule has 126 valence electrons. The van der Waals surface area contributed by atoms with Crippen LogP contribution in [0.25, 0.3) is 0 Å². The van der Waals surface area contributed by atoms with Crippen molar-refractivity contribution in [2.75, 3.05) is 20.1 Å². The molecule has 0 amide bonds. The van der Waals surface area contributed by atoms with Gasteiger partial charge in [-0.15, -0.1) is 0 Å². The third kappa shape index (κ3) is 3.57. The van der Waals surface area contributed by atoms with E-state index in [2.05, 4.69) is 45.9 Å². The maximum Gasteiger partial charge on any atom is 0.419 e. The first kappa shape index (κ1) is 17.5. The predicted octanol–water partition coefficient (Wildman–Crippen LogP) is 3.79. The summed E-state index contributed by atoms with van der Waals surface area (Å²) in [4.78, 5) is 13.8. The van der Waals surface area contributed by atoms with Gasteiger partial charge >= 0.3 is 11.8 Å². The number of rotatable bonds is 4. The summed E-state index contributed by atoms with van der Waals surface area (Å²) < 4.78 is 2.04. The molecule has 0 radical (unpaired) electrons. The van der Waals surface area contributed by atoms with Crippen LogP contribution in [0, 0.1) is 0 Å². The molecule has 0 aliphatic carbocycles. The summed E-state index contributed by atoms with van der Waals surface area (Å²) in [6, 6.07) is 6.36. The average molecular weight is 317 g/mol. The first-order valence-electron chi connectivity index (χ1n) is 8.56. The van der Waals surface area contributed by atoms with Crippen LogP contribution in [0.2, 0.25) is 0 Å². The van der Waals surface area contributed by atoms with Crippen LogP contribution < -0.4 is 0 Å². The smallest absolute Gasteiger partial charge is 0.419 e. The van der Waals surface area contributed by atoms with Crippen LogP contribution in [0.3, 0.4) is 0 Å². The van der Waals surface area contributed by atoms with E-state index in [-0.39, 0.29) is 0 Å². The maximum atomic E-state index is 11.9. The van der Waals surface area contributed by atoms with Gasteiger partial charge in [0.15, 0.2) is 0 Å². The van der Waals surface area contributed by atoms with Crippen molar-refractivity contribution in [1.29, 1.82) is 0 Å². The standard InChI is InChI=1S/C19H28N2O2/c1-13(2)15-9-8-10-16(14(3)4)17(15)21-12-7-6-11-20(5)18(21)19(22)23/h8-10,13-14H,6-7,11-12H2,1-5H3/p+1. The van der Waals surface area contributed by atoms with E-state index in [0.29, 0.717) is 17.7 Å². The zero-order valence-electron chi connectivity index (χ0n) is 15.0. The Morgan fingerprint density at radius 1 is 1.13 bits per heavy atom. The number of likely N-dealkylation sites (N-methyl/N-ethyl adjacent to an activating group) is 1. The Kier molecular flexibility index (Phi) is 5.45. The van der Waals surface area contributed by atoms with Crippen molar-refractivity contribution in [3.63, 3.8) is 0 Å². The van der Waals surface area contributed by atoms with E-state index >= 15 is 0 Å². The van der Waals surface area contributed by atoms with Gasteiger partial charge in [-0.3, -0.25) is 4.90 Å². The van der Waals surface area contributed by atoms with Crippen molar-refractivity contribution < 1.29 is 14.5 Å². The van der Waals surface area contributed by atoms with E-state index < -0.39 is 5.97 Å². The van der Waals surface area contributed by atoms with Gasteiger partial charge in [-0.05, 0) is 24.7 Å². The lowest BCUT2D eigenvalue weighted by Crippen LogP contribution is -2.39. The highest BCUT2D eigenvalue weighted by molar-refractivity contribution is 6.32. The lowest BCUT2D eigenvalue weighted by atomic mass is 9.92. The van der Waals surface area contributed by atoms with Crippen molar-refractivity contribution in [1.82, 2.24) is 4.90 Å². The van der Waals surface area contributed by atoms with Crippen LogP contribution in [0.5, 0.6) is 0 Å². The molecular weight excluding hydrogens is 288 g/mol. The van der Waals surface area contributed by atoms with Gasteiger partial charge in [0, 0.05) is 11.1 Å². The van der Waals surface area contributed by atoms with Crippen LogP contribution in [-0.2, 0) is 4.79 Å². The summed E-state index contributed by atoms with van der Waals surface area (Å²) in [6.45, 7) is 10.2. The third-order valence-corrected chi connectivity index (χ3v) is 4.55. The molecule has 0 fully saturated rings. The third-order valence-electron chi connectivity index (χ3n) is 4.55. The normalized spacial score (nSPS) is 16.2. The summed E-state index contributed by atoms with van der Waals surface area (Å²) >= 11 is 0. The molecule has 4 nitrogen and oxygen atoms in total. The average Bonchev–Trinajstić information content (AvgIpc) is 2.67. The summed E-state index contributed by atoms with van der Waals surface area (Å²) in [5, 5.41) is 9.80. The second-order valence-corrected chi connectivity index (χ2v) is 7.00. The topological polar surface area (TPSA) is 43.6 Å². The number of amidine groups is 1. The maximum absolute atomic E-state index is 11.9. The Labute approximate surface area is 139 Å². The molecule has 23 heavy (non-hydrogen) atoms. The fourth-order valence-electron chi connectivity index (χ4n) is 3.36. The zero-order chi connectivity index (χ0) is 17.1. The number of nitrogens with zero attached hydrogens (tertiary/aromatic N) is 2. The summed E-state index contributed by atoms with van der Waals surface area (Å²) in [5.74, 6) is 0.264. The van der Waals surface area contributed by atoms with Crippen molar-refractivity contribution >= 4 is 17.5 Å². The predicted molar refractivity (Wildman–Crippen MR) is 93.9 cm³/mol. The Morgan fingerprint density at radius 3 is 2.17 bits per heavy atom. The molecule has 1 aromatic carbocycles. The number of hydrogen-bond acceptors (Lipinski definition) is 2. The van der Waals surface area contributed by atoms with Crippen LogP contribution in [-0.4, -0.2) is 46.5 Å².